The number of carbonyl (C=O) groups is 1. The molecule has 4 saturated carbocycles. The number of para-hydroxylation sites is 1. The van der Waals surface area contributed by atoms with Crippen LogP contribution in [0.1, 0.15) is 54.4 Å². The largest absolute Gasteiger partial charge is 0.347 e. The highest BCUT2D eigenvalue weighted by molar-refractivity contribution is 6.36. The van der Waals surface area contributed by atoms with E-state index in [1.807, 2.05) is 43.3 Å². The zero-order valence-electron chi connectivity index (χ0n) is 18.1. The molecule has 4 fully saturated rings. The number of aromatic nitrogens is 1. The average molecular weight is 465 g/mol. The number of nitrogens with zero attached hydrogens (tertiary/aromatic N) is 1. The van der Waals surface area contributed by atoms with E-state index in [2.05, 4.69) is 5.32 Å². The summed E-state index contributed by atoms with van der Waals surface area (Å²) in [5.74, 6) is 2.36. The molecule has 164 valence electrons. The van der Waals surface area contributed by atoms with E-state index < -0.39 is 0 Å². The van der Waals surface area contributed by atoms with Gasteiger partial charge >= 0.3 is 0 Å². The summed E-state index contributed by atoms with van der Waals surface area (Å²) in [5, 5.41) is 5.56. The highest BCUT2D eigenvalue weighted by atomic mass is 35.5. The minimum atomic E-state index is -0.0409. The van der Waals surface area contributed by atoms with Crippen molar-refractivity contribution in [3.05, 3.63) is 63.6 Å². The molecule has 0 radical (unpaired) electrons. The fourth-order valence-corrected chi connectivity index (χ4v) is 7.61. The Kier molecular flexibility index (Phi) is 4.78. The lowest BCUT2D eigenvalue weighted by Gasteiger charge is -2.56. The number of carbonyl (C=O) groups excluding carboxylic acids is 1. The summed E-state index contributed by atoms with van der Waals surface area (Å²) in [6, 6.07) is 13.3. The van der Waals surface area contributed by atoms with E-state index in [9.17, 15) is 4.79 Å². The summed E-state index contributed by atoms with van der Waals surface area (Å²) >= 11 is 12.7. The van der Waals surface area contributed by atoms with Crippen molar-refractivity contribution in [1.82, 2.24) is 10.3 Å². The Morgan fingerprint density at radius 1 is 1.00 bits per heavy atom. The molecule has 4 bridgehead atoms. The molecule has 3 aromatic rings. The lowest BCUT2D eigenvalue weighted by atomic mass is 9.53. The summed E-state index contributed by atoms with van der Waals surface area (Å²) in [7, 11) is 0. The van der Waals surface area contributed by atoms with Gasteiger partial charge in [-0.3, -0.25) is 4.79 Å². The second-order valence-electron chi connectivity index (χ2n) is 10.3. The first-order valence-electron chi connectivity index (χ1n) is 11.6. The van der Waals surface area contributed by atoms with Gasteiger partial charge in [-0.05, 0) is 93.0 Å². The second-order valence-corrected chi connectivity index (χ2v) is 11.1. The van der Waals surface area contributed by atoms with Crippen LogP contribution in [0.3, 0.4) is 0 Å². The third-order valence-electron chi connectivity index (χ3n) is 7.97. The fourth-order valence-electron chi connectivity index (χ4n) is 7.11. The number of hydrogen-bond acceptors (Lipinski definition) is 2. The molecule has 32 heavy (non-hydrogen) atoms. The minimum Gasteiger partial charge on any atom is -0.347 e. The van der Waals surface area contributed by atoms with Crippen LogP contribution in [0.15, 0.2) is 42.5 Å². The highest BCUT2D eigenvalue weighted by Crippen LogP contribution is 2.55. The first-order valence-corrected chi connectivity index (χ1v) is 12.3. The molecular weight excluding hydrogens is 439 g/mol. The number of hydrogen-bond donors (Lipinski definition) is 1. The maximum atomic E-state index is 13.9. The van der Waals surface area contributed by atoms with Crippen molar-refractivity contribution in [1.29, 1.82) is 0 Å². The van der Waals surface area contributed by atoms with Crippen LogP contribution in [0.25, 0.3) is 22.2 Å². The van der Waals surface area contributed by atoms with Crippen LogP contribution in [0.2, 0.25) is 10.0 Å². The van der Waals surface area contributed by atoms with Crippen LogP contribution in [-0.4, -0.2) is 16.4 Å². The Labute approximate surface area is 198 Å². The fraction of sp³-hybridized carbons (Fsp3) is 0.407. The van der Waals surface area contributed by atoms with Gasteiger partial charge in [0.1, 0.15) is 0 Å². The molecule has 0 aliphatic heterocycles. The monoisotopic (exact) mass is 464 g/mol. The van der Waals surface area contributed by atoms with Gasteiger partial charge < -0.3 is 5.32 Å². The number of fused-ring (bicyclic) bond motifs is 1. The Morgan fingerprint density at radius 3 is 2.31 bits per heavy atom. The van der Waals surface area contributed by atoms with Crippen LogP contribution in [0, 0.1) is 24.7 Å². The van der Waals surface area contributed by atoms with Gasteiger partial charge in [0.05, 0.1) is 21.8 Å². The minimum absolute atomic E-state index is 0.0226. The molecule has 4 aliphatic carbocycles. The molecule has 7 rings (SSSR count). The lowest BCUT2D eigenvalue weighted by molar-refractivity contribution is -0.0166. The second kappa shape index (κ2) is 7.46. The van der Waals surface area contributed by atoms with Crippen molar-refractivity contribution in [3.63, 3.8) is 0 Å². The summed E-state index contributed by atoms with van der Waals surface area (Å²) < 4.78 is 0. The van der Waals surface area contributed by atoms with Crippen molar-refractivity contribution in [2.75, 3.05) is 0 Å². The highest BCUT2D eigenvalue weighted by Gasteiger charge is 2.51. The topological polar surface area (TPSA) is 42.0 Å². The maximum absolute atomic E-state index is 13.9. The molecule has 1 N–H and O–H groups in total. The standard InChI is InChI=1S/C27H26Cl2N2O/c1-15-24(26(32)31-27-12-16-8-17(13-27)10-18(9-16)14-27)21-4-2-3-5-23(21)30-25(15)20-7-6-19(28)11-22(20)29/h2-7,11,16-18H,8-10,12-14H2,1H3,(H,31,32). The molecule has 0 saturated heterocycles. The maximum Gasteiger partial charge on any atom is 0.252 e. The normalized spacial score (nSPS) is 28.3. The molecule has 2 aromatic carbocycles. The van der Waals surface area contributed by atoms with Gasteiger partial charge in [-0.2, -0.15) is 0 Å². The Balaban J connectivity index is 1.45. The van der Waals surface area contributed by atoms with Gasteiger partial charge in [0, 0.05) is 21.5 Å². The number of nitrogens with one attached hydrogen (secondary N) is 1. The molecule has 1 heterocycles. The first-order chi connectivity index (χ1) is 15.4. The number of rotatable bonds is 3. The van der Waals surface area contributed by atoms with Crippen molar-refractivity contribution in [3.8, 4) is 11.3 Å². The van der Waals surface area contributed by atoms with Crippen molar-refractivity contribution in [2.24, 2.45) is 17.8 Å². The van der Waals surface area contributed by atoms with Gasteiger partial charge in [-0.1, -0.05) is 41.4 Å². The van der Waals surface area contributed by atoms with Crippen molar-refractivity contribution in [2.45, 2.75) is 51.0 Å². The molecule has 4 aliphatic rings. The van der Waals surface area contributed by atoms with Gasteiger partial charge in [-0.25, -0.2) is 4.98 Å². The Morgan fingerprint density at radius 2 is 1.66 bits per heavy atom. The van der Waals surface area contributed by atoms with E-state index in [-0.39, 0.29) is 11.4 Å². The van der Waals surface area contributed by atoms with Gasteiger partial charge in [-0.15, -0.1) is 0 Å². The van der Waals surface area contributed by atoms with Crippen LogP contribution >= 0.6 is 23.2 Å². The van der Waals surface area contributed by atoms with Crippen LogP contribution < -0.4 is 5.32 Å². The predicted octanol–water partition coefficient (Wildman–Crippen LogP) is 7.22. The number of benzene rings is 2. The molecule has 1 amide bonds. The summed E-state index contributed by atoms with van der Waals surface area (Å²) in [6.45, 7) is 1.98. The van der Waals surface area contributed by atoms with E-state index in [0.29, 0.717) is 15.6 Å². The molecule has 3 nitrogen and oxygen atoms in total. The predicted molar refractivity (Wildman–Crippen MR) is 130 cm³/mol. The number of amides is 1. The molecule has 1 aromatic heterocycles. The van der Waals surface area contributed by atoms with E-state index >= 15 is 0 Å². The van der Waals surface area contributed by atoms with Gasteiger partial charge in [0.2, 0.25) is 0 Å². The zero-order chi connectivity index (χ0) is 22.0. The zero-order valence-corrected chi connectivity index (χ0v) is 19.6. The summed E-state index contributed by atoms with van der Waals surface area (Å²) in [6.07, 6.45) is 7.44. The van der Waals surface area contributed by atoms with Crippen molar-refractivity contribution >= 4 is 40.0 Å². The number of pyridine rings is 1. The molecule has 5 heteroatoms. The molecule has 0 spiro atoms. The van der Waals surface area contributed by atoms with E-state index in [1.165, 1.54) is 19.3 Å². The molecule has 0 atom stereocenters. The van der Waals surface area contributed by atoms with Crippen LogP contribution in [0.5, 0.6) is 0 Å². The van der Waals surface area contributed by atoms with E-state index in [0.717, 1.165) is 64.7 Å². The van der Waals surface area contributed by atoms with E-state index in [4.69, 9.17) is 28.2 Å². The smallest absolute Gasteiger partial charge is 0.252 e. The Bertz CT molecular complexity index is 1220. The van der Waals surface area contributed by atoms with Crippen molar-refractivity contribution < 1.29 is 4.79 Å². The molecule has 0 unspecified atom stereocenters. The van der Waals surface area contributed by atoms with Gasteiger partial charge in [0.25, 0.3) is 5.91 Å². The van der Waals surface area contributed by atoms with E-state index in [1.54, 1.807) is 6.07 Å². The third-order valence-corrected chi connectivity index (χ3v) is 8.51. The third kappa shape index (κ3) is 3.33. The van der Waals surface area contributed by atoms with Crippen LogP contribution in [0.4, 0.5) is 0 Å². The average Bonchev–Trinajstić information content (AvgIpc) is 2.72. The SMILES string of the molecule is Cc1c(-c2ccc(Cl)cc2Cl)nc2ccccc2c1C(=O)NC12CC3CC(CC(C3)C1)C2. The first kappa shape index (κ1) is 20.5. The lowest BCUT2D eigenvalue weighted by Crippen LogP contribution is -2.59. The van der Waals surface area contributed by atoms with Crippen LogP contribution in [-0.2, 0) is 0 Å². The quantitative estimate of drug-likeness (QED) is 0.444. The molecular formula is C27H26Cl2N2O. The van der Waals surface area contributed by atoms with Gasteiger partial charge in [0.15, 0.2) is 0 Å². The number of halogens is 2. The Hall–Kier alpha value is -2.10. The summed E-state index contributed by atoms with van der Waals surface area (Å²) in [4.78, 5) is 18.8. The summed E-state index contributed by atoms with van der Waals surface area (Å²) in [5.41, 5.74) is 3.86.